The number of hydrogen-bond acceptors (Lipinski definition) is 3. The maximum absolute atomic E-state index is 5.55. The zero-order valence-electron chi connectivity index (χ0n) is 16.8. The lowest BCUT2D eigenvalue weighted by atomic mass is 10.1. The molecule has 2 aromatic rings. The minimum Gasteiger partial charge on any atom is -0.494 e. The summed E-state index contributed by atoms with van der Waals surface area (Å²) in [5.74, 6) is 1.68. The van der Waals surface area contributed by atoms with E-state index in [0.29, 0.717) is 13.2 Å². The molecule has 1 unspecified atom stereocenters. The largest absolute Gasteiger partial charge is 0.494 e. The second-order valence-corrected chi connectivity index (χ2v) is 6.53. The summed E-state index contributed by atoms with van der Waals surface area (Å²) in [5, 5.41) is 11.3. The molecule has 0 saturated heterocycles. The third-order valence-corrected chi connectivity index (χ3v) is 4.45. The van der Waals surface area contributed by atoms with E-state index in [1.165, 1.54) is 11.3 Å². The van der Waals surface area contributed by atoms with Gasteiger partial charge in [0.05, 0.1) is 12.3 Å². The molecule has 0 radical (unpaired) electrons. The van der Waals surface area contributed by atoms with E-state index in [-0.39, 0.29) is 6.04 Å². The van der Waals surface area contributed by atoms with Gasteiger partial charge in [0.2, 0.25) is 0 Å². The molecule has 2 N–H and O–H groups in total. The average molecular weight is 358 g/mol. The Bertz CT molecular complexity index is 751. The Morgan fingerprint density at radius 1 is 1.35 bits per heavy atom. The van der Waals surface area contributed by atoms with Gasteiger partial charge in [-0.05, 0) is 57.4 Å². The van der Waals surface area contributed by atoms with Gasteiger partial charge >= 0.3 is 0 Å². The Labute approximate surface area is 156 Å². The van der Waals surface area contributed by atoms with E-state index in [1.54, 1.807) is 7.05 Å². The summed E-state index contributed by atoms with van der Waals surface area (Å²) in [6.45, 7) is 9.69. The summed E-state index contributed by atoms with van der Waals surface area (Å²) in [7, 11) is 3.78. The fourth-order valence-electron chi connectivity index (χ4n) is 3.00. The molecule has 0 aliphatic heterocycles. The van der Waals surface area contributed by atoms with Gasteiger partial charge in [0.15, 0.2) is 5.96 Å². The summed E-state index contributed by atoms with van der Waals surface area (Å²) in [4.78, 5) is 4.34. The third-order valence-electron chi connectivity index (χ3n) is 4.45. The molecular weight excluding hydrogens is 326 g/mol. The molecule has 0 saturated carbocycles. The summed E-state index contributed by atoms with van der Waals surface area (Å²) in [5.41, 5.74) is 4.76. The number of benzene rings is 1. The van der Waals surface area contributed by atoms with E-state index < -0.39 is 0 Å². The van der Waals surface area contributed by atoms with Crippen molar-refractivity contribution in [2.45, 2.75) is 46.7 Å². The molecule has 142 valence electrons. The highest BCUT2D eigenvalue weighted by molar-refractivity contribution is 5.79. The van der Waals surface area contributed by atoms with Crippen LogP contribution in [0.15, 0.2) is 29.3 Å². The minimum atomic E-state index is 0.248. The van der Waals surface area contributed by atoms with Crippen molar-refractivity contribution in [1.82, 2.24) is 20.4 Å². The smallest absolute Gasteiger partial charge is 0.191 e. The van der Waals surface area contributed by atoms with Gasteiger partial charge in [-0.25, -0.2) is 0 Å². The van der Waals surface area contributed by atoms with Crippen LogP contribution in [0.2, 0.25) is 0 Å². The van der Waals surface area contributed by atoms with Crippen LogP contribution < -0.4 is 15.4 Å². The van der Waals surface area contributed by atoms with Gasteiger partial charge in [-0.3, -0.25) is 9.67 Å². The van der Waals surface area contributed by atoms with Crippen molar-refractivity contribution < 1.29 is 4.74 Å². The van der Waals surface area contributed by atoms with E-state index in [9.17, 15) is 0 Å². The van der Waals surface area contributed by atoms with Crippen molar-refractivity contribution in [3.8, 4) is 5.75 Å². The molecule has 1 atom stereocenters. The maximum atomic E-state index is 5.55. The van der Waals surface area contributed by atoms with Crippen LogP contribution in [0.5, 0.6) is 5.75 Å². The summed E-state index contributed by atoms with van der Waals surface area (Å²) >= 11 is 0. The van der Waals surface area contributed by atoms with Crippen LogP contribution in [0.25, 0.3) is 0 Å². The van der Waals surface area contributed by atoms with Crippen LogP contribution >= 0.6 is 0 Å². The number of nitrogens with zero attached hydrogens (tertiary/aromatic N) is 3. The molecule has 1 heterocycles. The number of aromatic nitrogens is 2. The Kier molecular flexibility index (Phi) is 7.06. The maximum Gasteiger partial charge on any atom is 0.191 e. The highest BCUT2D eigenvalue weighted by Crippen LogP contribution is 2.14. The van der Waals surface area contributed by atoms with Gasteiger partial charge in [0.1, 0.15) is 5.75 Å². The Balaban J connectivity index is 1.91. The van der Waals surface area contributed by atoms with E-state index in [4.69, 9.17) is 4.74 Å². The second-order valence-electron chi connectivity index (χ2n) is 6.53. The van der Waals surface area contributed by atoms with Gasteiger partial charge in [-0.1, -0.05) is 12.1 Å². The van der Waals surface area contributed by atoms with Crippen molar-refractivity contribution in [2.75, 3.05) is 13.7 Å². The lowest BCUT2D eigenvalue weighted by molar-refractivity contribution is 0.340. The average Bonchev–Trinajstić information content (AvgIpc) is 2.85. The molecule has 0 amide bonds. The van der Waals surface area contributed by atoms with Crippen molar-refractivity contribution in [3.05, 3.63) is 46.8 Å². The normalized spacial score (nSPS) is 12.8. The molecule has 26 heavy (non-hydrogen) atoms. The highest BCUT2D eigenvalue weighted by Gasteiger charge is 2.14. The van der Waals surface area contributed by atoms with Crippen molar-refractivity contribution in [1.29, 1.82) is 0 Å². The zero-order chi connectivity index (χ0) is 19.1. The van der Waals surface area contributed by atoms with Crippen LogP contribution in [0.3, 0.4) is 0 Å². The fourth-order valence-corrected chi connectivity index (χ4v) is 3.00. The van der Waals surface area contributed by atoms with Crippen molar-refractivity contribution in [2.24, 2.45) is 12.0 Å². The topological polar surface area (TPSA) is 63.5 Å². The van der Waals surface area contributed by atoms with E-state index in [0.717, 1.165) is 29.4 Å². The van der Waals surface area contributed by atoms with Gasteiger partial charge in [-0.2, -0.15) is 5.10 Å². The molecule has 1 aromatic heterocycles. The van der Waals surface area contributed by atoms with E-state index in [1.807, 2.05) is 30.8 Å². The van der Waals surface area contributed by atoms with Gasteiger partial charge in [0.25, 0.3) is 0 Å². The number of guanidine groups is 1. The minimum absolute atomic E-state index is 0.248. The van der Waals surface area contributed by atoms with Crippen LogP contribution in [0.4, 0.5) is 0 Å². The van der Waals surface area contributed by atoms with Gasteiger partial charge < -0.3 is 15.4 Å². The molecule has 0 spiro atoms. The molecule has 1 aromatic carbocycles. The second kappa shape index (κ2) is 9.27. The molecule has 6 nitrogen and oxygen atoms in total. The van der Waals surface area contributed by atoms with Crippen LogP contribution in [0, 0.1) is 13.8 Å². The first-order valence-corrected chi connectivity index (χ1v) is 9.12. The quantitative estimate of drug-likeness (QED) is 0.591. The summed E-state index contributed by atoms with van der Waals surface area (Å²) in [6, 6.07) is 8.36. The molecule has 6 heteroatoms. The summed E-state index contributed by atoms with van der Waals surface area (Å²) < 4.78 is 7.49. The third kappa shape index (κ3) is 5.25. The Morgan fingerprint density at radius 3 is 2.73 bits per heavy atom. The molecule has 0 aliphatic rings. The SMILES string of the molecule is CCOc1cccc(CNC(=NC)NC(C)Cc2c(C)nn(C)c2C)c1. The van der Waals surface area contributed by atoms with Crippen molar-refractivity contribution in [3.63, 3.8) is 0 Å². The fraction of sp³-hybridized carbons (Fsp3) is 0.500. The lowest BCUT2D eigenvalue weighted by Gasteiger charge is -2.18. The standard InChI is InChI=1S/C20H31N5O/c1-7-26-18-10-8-9-17(12-18)13-22-20(21-5)23-14(2)11-19-15(3)24-25(6)16(19)4/h8-10,12,14H,7,11,13H2,1-6H3,(H2,21,22,23). The van der Waals surface area contributed by atoms with Gasteiger partial charge in [-0.15, -0.1) is 0 Å². The molecule has 0 aliphatic carbocycles. The predicted octanol–water partition coefficient (Wildman–Crippen LogP) is 2.73. The highest BCUT2D eigenvalue weighted by atomic mass is 16.5. The van der Waals surface area contributed by atoms with Crippen molar-refractivity contribution >= 4 is 5.96 Å². The molecule has 0 fully saturated rings. The van der Waals surface area contributed by atoms with Crippen LogP contribution in [-0.2, 0) is 20.0 Å². The first-order valence-electron chi connectivity index (χ1n) is 9.12. The first-order chi connectivity index (χ1) is 12.4. The number of hydrogen-bond donors (Lipinski definition) is 2. The molecule has 0 bridgehead atoms. The Morgan fingerprint density at radius 2 is 2.12 bits per heavy atom. The Hall–Kier alpha value is -2.50. The number of rotatable bonds is 7. The monoisotopic (exact) mass is 357 g/mol. The van der Waals surface area contributed by atoms with Gasteiger partial charge in [0, 0.05) is 32.4 Å². The number of aryl methyl sites for hydroxylation is 2. The predicted molar refractivity (Wildman–Crippen MR) is 107 cm³/mol. The molecular formula is C20H31N5O. The van der Waals surface area contributed by atoms with E-state index in [2.05, 4.69) is 53.6 Å². The number of aliphatic imine (C=N–C) groups is 1. The van der Waals surface area contributed by atoms with Crippen LogP contribution in [0.1, 0.15) is 36.4 Å². The first kappa shape index (κ1) is 19.8. The number of nitrogens with one attached hydrogen (secondary N) is 2. The van der Waals surface area contributed by atoms with Crippen LogP contribution in [-0.4, -0.2) is 35.4 Å². The summed E-state index contributed by atoms with van der Waals surface area (Å²) in [6.07, 6.45) is 0.909. The lowest BCUT2D eigenvalue weighted by Crippen LogP contribution is -2.42. The zero-order valence-corrected chi connectivity index (χ0v) is 16.8. The van der Waals surface area contributed by atoms with E-state index >= 15 is 0 Å². The molecule has 2 rings (SSSR count). The number of ether oxygens (including phenoxy) is 1.